The number of rotatable bonds is 5. The first-order valence-corrected chi connectivity index (χ1v) is 6.17. The fourth-order valence-corrected chi connectivity index (χ4v) is 2.46. The summed E-state index contributed by atoms with van der Waals surface area (Å²) in [6, 6.07) is 3.16. The second-order valence-corrected chi connectivity index (χ2v) is 4.65. The number of carbonyl (C=O) groups excluding carboxylic acids is 1. The summed E-state index contributed by atoms with van der Waals surface area (Å²) < 4.78 is 10.3. The Bertz CT molecular complexity index is 585. The molecule has 1 aromatic carbocycles. The molecule has 0 aliphatic heterocycles. The Balaban J connectivity index is 2.63. The lowest BCUT2D eigenvalue weighted by molar-refractivity contribution is 0.0692. The molecule has 0 amide bonds. The number of carboxylic acids is 1. The van der Waals surface area contributed by atoms with Crippen molar-refractivity contribution in [3.8, 4) is 11.5 Å². The summed E-state index contributed by atoms with van der Waals surface area (Å²) in [6.45, 7) is 0. The number of aromatic carboxylic acids is 1. The number of aliphatic imine (C=N–C) groups is 1. The number of methoxy groups -OCH3 is 2. The Labute approximate surface area is 116 Å². The van der Waals surface area contributed by atoms with Crippen LogP contribution in [0, 0.1) is 0 Å². The first-order chi connectivity index (χ1) is 9.57. The van der Waals surface area contributed by atoms with Gasteiger partial charge in [0, 0.05) is 0 Å². The van der Waals surface area contributed by atoms with Crippen LogP contribution in [0.5, 0.6) is 11.5 Å². The van der Waals surface area contributed by atoms with E-state index in [1.165, 1.54) is 20.3 Å². The van der Waals surface area contributed by atoms with Crippen molar-refractivity contribution in [1.29, 1.82) is 0 Å². The standard InChI is InChI=1S/C14H15NO5/c1-19-11-7-9(14(15-8-16)4-3-5-14)6-10(13(17)18)12(11)20-2/h6-7H,3-5H2,1-2H3,(H,17,18). The van der Waals surface area contributed by atoms with Gasteiger partial charge in [-0.25, -0.2) is 9.59 Å². The van der Waals surface area contributed by atoms with Crippen LogP contribution in [0.4, 0.5) is 0 Å². The average Bonchev–Trinajstić information content (AvgIpc) is 2.41. The highest BCUT2D eigenvalue weighted by atomic mass is 16.5. The molecule has 1 N–H and O–H groups in total. The van der Waals surface area contributed by atoms with Gasteiger partial charge in [-0.1, -0.05) is 0 Å². The summed E-state index contributed by atoms with van der Waals surface area (Å²) in [4.78, 5) is 25.8. The normalized spacial score (nSPS) is 15.7. The van der Waals surface area contributed by atoms with Gasteiger partial charge >= 0.3 is 5.97 Å². The zero-order chi connectivity index (χ0) is 14.8. The highest BCUT2D eigenvalue weighted by Gasteiger charge is 2.40. The van der Waals surface area contributed by atoms with Crippen molar-refractivity contribution in [1.82, 2.24) is 0 Å². The van der Waals surface area contributed by atoms with Gasteiger partial charge in [0.15, 0.2) is 11.5 Å². The van der Waals surface area contributed by atoms with Crippen LogP contribution >= 0.6 is 0 Å². The van der Waals surface area contributed by atoms with E-state index in [9.17, 15) is 14.7 Å². The van der Waals surface area contributed by atoms with E-state index in [4.69, 9.17) is 9.47 Å². The molecule has 0 unspecified atom stereocenters. The molecule has 1 aliphatic rings. The van der Waals surface area contributed by atoms with Crippen molar-refractivity contribution in [3.05, 3.63) is 23.3 Å². The van der Waals surface area contributed by atoms with Gasteiger partial charge in [-0.15, -0.1) is 0 Å². The zero-order valence-corrected chi connectivity index (χ0v) is 11.3. The van der Waals surface area contributed by atoms with E-state index in [0.717, 1.165) is 6.42 Å². The van der Waals surface area contributed by atoms with Crippen LogP contribution < -0.4 is 9.47 Å². The molecule has 1 aliphatic carbocycles. The predicted molar refractivity (Wildman–Crippen MR) is 70.2 cm³/mol. The Morgan fingerprint density at radius 3 is 2.45 bits per heavy atom. The van der Waals surface area contributed by atoms with E-state index in [2.05, 4.69) is 4.99 Å². The molecule has 0 bridgehead atoms. The molecule has 6 heteroatoms. The number of carbonyl (C=O) groups is 1. The maximum absolute atomic E-state index is 11.3. The maximum Gasteiger partial charge on any atom is 0.339 e. The van der Waals surface area contributed by atoms with Crippen molar-refractivity contribution in [2.45, 2.75) is 24.8 Å². The van der Waals surface area contributed by atoms with Gasteiger partial charge in [-0.2, -0.15) is 4.99 Å². The monoisotopic (exact) mass is 277 g/mol. The van der Waals surface area contributed by atoms with Crippen molar-refractivity contribution >= 4 is 12.0 Å². The minimum atomic E-state index is -1.12. The molecule has 6 nitrogen and oxygen atoms in total. The van der Waals surface area contributed by atoms with Crippen LogP contribution in [0.3, 0.4) is 0 Å². The average molecular weight is 277 g/mol. The summed E-state index contributed by atoms with van der Waals surface area (Å²) in [5, 5.41) is 9.28. The highest BCUT2D eigenvalue weighted by Crippen LogP contribution is 2.47. The largest absolute Gasteiger partial charge is 0.493 e. The molecule has 1 fully saturated rings. The highest BCUT2D eigenvalue weighted by molar-refractivity contribution is 5.92. The minimum Gasteiger partial charge on any atom is -0.493 e. The smallest absolute Gasteiger partial charge is 0.339 e. The maximum atomic E-state index is 11.3. The predicted octanol–water partition coefficient (Wildman–Crippen LogP) is 2.12. The lowest BCUT2D eigenvalue weighted by Gasteiger charge is -2.37. The first-order valence-electron chi connectivity index (χ1n) is 6.17. The number of hydrogen-bond acceptors (Lipinski definition) is 5. The molecule has 0 atom stereocenters. The van der Waals surface area contributed by atoms with Gasteiger partial charge < -0.3 is 14.6 Å². The third-order valence-electron chi connectivity index (χ3n) is 3.69. The van der Waals surface area contributed by atoms with Gasteiger partial charge in [-0.3, -0.25) is 0 Å². The molecule has 1 saturated carbocycles. The molecular formula is C14H15NO5. The second-order valence-electron chi connectivity index (χ2n) is 4.65. The van der Waals surface area contributed by atoms with Crippen LogP contribution in [0.25, 0.3) is 0 Å². The van der Waals surface area contributed by atoms with Crippen molar-refractivity contribution < 1.29 is 24.2 Å². The molecule has 20 heavy (non-hydrogen) atoms. The topological polar surface area (TPSA) is 85.2 Å². The van der Waals surface area contributed by atoms with Gasteiger partial charge in [0.25, 0.3) is 0 Å². The summed E-state index contributed by atoms with van der Waals surface area (Å²) >= 11 is 0. The van der Waals surface area contributed by atoms with Crippen LogP contribution in [-0.4, -0.2) is 31.4 Å². The van der Waals surface area contributed by atoms with Crippen LogP contribution in [0.15, 0.2) is 17.1 Å². The van der Waals surface area contributed by atoms with Gasteiger partial charge in [0.05, 0.1) is 19.8 Å². The Kier molecular flexibility index (Phi) is 3.77. The third kappa shape index (κ3) is 2.14. The Hall–Kier alpha value is -2.33. The Morgan fingerprint density at radius 2 is 2.05 bits per heavy atom. The van der Waals surface area contributed by atoms with E-state index in [1.54, 1.807) is 12.1 Å². The van der Waals surface area contributed by atoms with Crippen LogP contribution in [0.1, 0.15) is 35.2 Å². The molecule has 106 valence electrons. The van der Waals surface area contributed by atoms with Gasteiger partial charge in [0.2, 0.25) is 6.08 Å². The van der Waals surface area contributed by atoms with E-state index in [1.807, 2.05) is 0 Å². The quantitative estimate of drug-likeness (QED) is 0.658. The fourth-order valence-electron chi connectivity index (χ4n) is 2.46. The lowest BCUT2D eigenvalue weighted by Crippen LogP contribution is -2.32. The second kappa shape index (κ2) is 5.35. The molecule has 0 radical (unpaired) electrons. The van der Waals surface area contributed by atoms with Gasteiger partial charge in [-0.05, 0) is 37.0 Å². The zero-order valence-electron chi connectivity index (χ0n) is 11.3. The molecular weight excluding hydrogens is 262 g/mol. The van der Waals surface area contributed by atoms with Crippen molar-refractivity contribution in [2.24, 2.45) is 4.99 Å². The number of carboxylic acid groups (broad SMARTS) is 1. The lowest BCUT2D eigenvalue weighted by atomic mass is 9.72. The van der Waals surface area contributed by atoms with Crippen molar-refractivity contribution in [3.63, 3.8) is 0 Å². The Morgan fingerprint density at radius 1 is 1.35 bits per heavy atom. The number of isocyanates is 1. The number of ether oxygens (including phenoxy) is 2. The van der Waals surface area contributed by atoms with E-state index < -0.39 is 11.5 Å². The molecule has 0 saturated heterocycles. The summed E-state index contributed by atoms with van der Waals surface area (Å²) in [5.41, 5.74) is -0.0396. The van der Waals surface area contributed by atoms with Gasteiger partial charge in [0.1, 0.15) is 5.56 Å². The van der Waals surface area contributed by atoms with Crippen molar-refractivity contribution in [2.75, 3.05) is 14.2 Å². The molecule has 1 aromatic rings. The van der Waals surface area contributed by atoms with E-state index >= 15 is 0 Å². The molecule has 0 spiro atoms. The molecule has 0 heterocycles. The minimum absolute atomic E-state index is 0.00535. The van der Waals surface area contributed by atoms with E-state index in [0.29, 0.717) is 24.2 Å². The van der Waals surface area contributed by atoms with E-state index in [-0.39, 0.29) is 11.3 Å². The fraction of sp³-hybridized carbons (Fsp3) is 0.429. The third-order valence-corrected chi connectivity index (χ3v) is 3.69. The summed E-state index contributed by atoms with van der Waals surface area (Å²) in [6.07, 6.45) is 3.89. The molecule has 2 rings (SSSR count). The number of benzene rings is 1. The SMILES string of the molecule is COc1cc(C2(N=C=O)CCC2)cc(C(=O)O)c1OC. The first kappa shape index (κ1) is 14.1. The summed E-state index contributed by atoms with van der Waals surface area (Å²) in [7, 11) is 2.82. The summed E-state index contributed by atoms with van der Waals surface area (Å²) in [5.74, 6) is -0.644. The molecule has 0 aromatic heterocycles. The number of hydrogen-bond donors (Lipinski definition) is 1. The van der Waals surface area contributed by atoms with Crippen LogP contribution in [0.2, 0.25) is 0 Å². The number of nitrogens with zero attached hydrogens (tertiary/aromatic N) is 1. The van der Waals surface area contributed by atoms with Crippen LogP contribution in [-0.2, 0) is 10.3 Å².